The molecule has 224 valence electrons. The summed E-state index contributed by atoms with van der Waals surface area (Å²) in [6.07, 6.45) is 6.88. The number of benzene rings is 2. The van der Waals surface area contributed by atoms with Crippen molar-refractivity contribution in [1.82, 2.24) is 9.80 Å². The van der Waals surface area contributed by atoms with E-state index in [9.17, 15) is 19.2 Å². The van der Waals surface area contributed by atoms with Crippen LogP contribution in [0.2, 0.25) is 0 Å². The summed E-state index contributed by atoms with van der Waals surface area (Å²) in [5, 5.41) is 9.66. The normalized spacial score (nSPS) is 18.1. The molecule has 0 aliphatic carbocycles. The number of nitrogens with one attached hydrogen (secondary N) is 2. The van der Waals surface area contributed by atoms with Crippen molar-refractivity contribution < 1.29 is 19.2 Å². The van der Waals surface area contributed by atoms with Gasteiger partial charge in [-0.1, -0.05) is 48.6 Å². The number of rotatable bonds is 8. The van der Waals surface area contributed by atoms with Gasteiger partial charge in [0.1, 0.15) is 12.1 Å². The number of carbonyl (C=O) groups is 4. The first-order valence-electron chi connectivity index (χ1n) is 14.7. The van der Waals surface area contributed by atoms with Gasteiger partial charge in [-0.05, 0) is 84.0 Å². The lowest BCUT2D eigenvalue weighted by molar-refractivity contribution is -0.120. The molecule has 2 aliphatic rings. The largest absolute Gasteiger partial charge is 0.326 e. The Balaban J connectivity index is 1.01. The highest BCUT2D eigenvalue weighted by Gasteiger charge is 2.36. The minimum absolute atomic E-state index is 0.0877. The minimum atomic E-state index is -0.470. The van der Waals surface area contributed by atoms with E-state index in [1.807, 2.05) is 83.6 Å². The van der Waals surface area contributed by atoms with Gasteiger partial charge in [0.25, 0.3) is 11.8 Å². The molecule has 2 saturated heterocycles. The molecule has 2 unspecified atom stereocenters. The van der Waals surface area contributed by atoms with E-state index in [2.05, 4.69) is 10.6 Å². The molecule has 2 atom stereocenters. The molecule has 2 aromatic heterocycles. The third-order valence-electron chi connectivity index (χ3n) is 7.92. The van der Waals surface area contributed by atoms with E-state index in [1.54, 1.807) is 21.9 Å². The molecule has 6 rings (SSSR count). The summed E-state index contributed by atoms with van der Waals surface area (Å²) in [5.74, 6) is -0.513. The molecule has 2 aliphatic heterocycles. The quantitative estimate of drug-likeness (QED) is 0.220. The molecule has 4 aromatic rings. The summed E-state index contributed by atoms with van der Waals surface area (Å²) in [5.41, 5.74) is 3.29. The Hall–Kier alpha value is -4.54. The fraction of sp³-hybridized carbons (Fsp3) is 0.235. The third kappa shape index (κ3) is 6.66. The van der Waals surface area contributed by atoms with Crippen LogP contribution in [0, 0.1) is 0 Å². The highest BCUT2D eigenvalue weighted by Crippen LogP contribution is 2.25. The van der Waals surface area contributed by atoms with Crippen LogP contribution >= 0.6 is 22.7 Å². The Kier molecular flexibility index (Phi) is 8.99. The molecule has 4 amide bonds. The molecule has 0 spiro atoms. The van der Waals surface area contributed by atoms with Crippen molar-refractivity contribution in [1.29, 1.82) is 0 Å². The standard InChI is InChI=1S/C34H32N4O4S2/c39-31(27-5-1-19-37(27)33(41)29-7-3-21-43-29)35-25-15-11-23(12-16-25)9-10-24-13-17-26(18-14-24)36-32(40)28-6-2-20-38(28)34(42)30-8-4-22-44-30/h3-4,7-18,21-22,27-28H,1-2,5-6,19-20H2,(H,35,39)(H,36,40)/b10-9+. The molecule has 2 N–H and O–H groups in total. The first-order valence-corrected chi connectivity index (χ1v) is 16.4. The Morgan fingerprint density at radius 3 is 1.39 bits per heavy atom. The third-order valence-corrected chi connectivity index (χ3v) is 9.64. The zero-order valence-corrected chi connectivity index (χ0v) is 25.6. The number of nitrogens with zero attached hydrogens (tertiary/aromatic N) is 2. The Morgan fingerprint density at radius 2 is 1.02 bits per heavy atom. The van der Waals surface area contributed by atoms with Crippen molar-refractivity contribution in [2.45, 2.75) is 37.8 Å². The van der Waals surface area contributed by atoms with Crippen molar-refractivity contribution in [3.05, 3.63) is 104 Å². The smallest absolute Gasteiger partial charge is 0.264 e. The van der Waals surface area contributed by atoms with Crippen LogP contribution < -0.4 is 10.6 Å². The van der Waals surface area contributed by atoms with Gasteiger partial charge in [0.05, 0.1) is 9.75 Å². The molecule has 44 heavy (non-hydrogen) atoms. The number of carbonyl (C=O) groups excluding carboxylic acids is 4. The van der Waals surface area contributed by atoms with Gasteiger partial charge in [-0.2, -0.15) is 0 Å². The minimum Gasteiger partial charge on any atom is -0.326 e. The van der Waals surface area contributed by atoms with Crippen LogP contribution in [0.15, 0.2) is 83.6 Å². The van der Waals surface area contributed by atoms with E-state index in [0.717, 1.165) is 24.0 Å². The molecule has 2 fully saturated rings. The van der Waals surface area contributed by atoms with Crippen LogP contribution in [-0.4, -0.2) is 58.6 Å². The van der Waals surface area contributed by atoms with Crippen LogP contribution in [0.25, 0.3) is 12.2 Å². The maximum absolute atomic E-state index is 13.0. The Morgan fingerprint density at radius 1 is 0.614 bits per heavy atom. The maximum Gasteiger partial charge on any atom is 0.264 e. The van der Waals surface area contributed by atoms with Crippen LogP contribution in [0.4, 0.5) is 11.4 Å². The van der Waals surface area contributed by atoms with Crippen LogP contribution in [0.5, 0.6) is 0 Å². The summed E-state index contributed by atoms with van der Waals surface area (Å²) in [4.78, 5) is 56.3. The van der Waals surface area contributed by atoms with Gasteiger partial charge in [-0.3, -0.25) is 19.2 Å². The van der Waals surface area contributed by atoms with Crippen molar-refractivity contribution in [2.75, 3.05) is 23.7 Å². The van der Waals surface area contributed by atoms with Gasteiger partial charge in [-0.15, -0.1) is 22.7 Å². The van der Waals surface area contributed by atoms with E-state index in [-0.39, 0.29) is 23.6 Å². The summed E-state index contributed by atoms with van der Waals surface area (Å²) >= 11 is 2.78. The topological polar surface area (TPSA) is 98.8 Å². The van der Waals surface area contributed by atoms with Gasteiger partial charge < -0.3 is 20.4 Å². The van der Waals surface area contributed by atoms with Crippen molar-refractivity contribution in [2.24, 2.45) is 0 Å². The summed E-state index contributed by atoms with van der Waals surface area (Å²) in [7, 11) is 0. The van der Waals surface area contributed by atoms with E-state index < -0.39 is 12.1 Å². The van der Waals surface area contributed by atoms with Crippen molar-refractivity contribution in [3.63, 3.8) is 0 Å². The Bertz CT molecular complexity index is 1520. The highest BCUT2D eigenvalue weighted by atomic mass is 32.1. The number of amides is 4. The Labute approximate surface area is 264 Å². The molecule has 2 aromatic carbocycles. The number of hydrogen-bond donors (Lipinski definition) is 2. The average molecular weight is 625 g/mol. The molecule has 0 saturated carbocycles. The fourth-order valence-electron chi connectivity index (χ4n) is 5.65. The molecular weight excluding hydrogens is 593 g/mol. The first kappa shape index (κ1) is 29.5. The zero-order valence-electron chi connectivity index (χ0n) is 24.0. The molecule has 0 bridgehead atoms. The van der Waals surface area contributed by atoms with Crippen molar-refractivity contribution >= 4 is 69.8 Å². The highest BCUT2D eigenvalue weighted by molar-refractivity contribution is 7.12. The number of likely N-dealkylation sites (tertiary alicyclic amines) is 2. The number of anilines is 2. The van der Waals surface area contributed by atoms with Gasteiger partial charge in [-0.25, -0.2) is 0 Å². The second-order valence-electron chi connectivity index (χ2n) is 10.8. The molecule has 0 radical (unpaired) electrons. The second kappa shape index (κ2) is 13.4. The predicted octanol–water partition coefficient (Wildman–Crippen LogP) is 6.47. The second-order valence-corrected chi connectivity index (χ2v) is 12.7. The van der Waals surface area contributed by atoms with Crippen molar-refractivity contribution in [3.8, 4) is 0 Å². The number of hydrogen-bond acceptors (Lipinski definition) is 6. The van der Waals surface area contributed by atoms with E-state index in [0.29, 0.717) is 47.1 Å². The average Bonchev–Trinajstić information content (AvgIpc) is 3.88. The first-order chi connectivity index (χ1) is 21.5. The maximum atomic E-state index is 13.0. The van der Waals surface area contributed by atoms with Gasteiger partial charge in [0, 0.05) is 24.5 Å². The SMILES string of the molecule is O=C(Nc1ccc(/C=C/c2ccc(NC(=O)C3CCCN3C(=O)c3cccs3)cc2)cc1)C1CCCN1C(=O)c1cccs1. The monoisotopic (exact) mass is 624 g/mol. The van der Waals surface area contributed by atoms with Gasteiger partial charge in [0.15, 0.2) is 0 Å². The lowest BCUT2D eigenvalue weighted by atomic mass is 10.1. The molecule has 8 nitrogen and oxygen atoms in total. The molecule has 10 heteroatoms. The van der Waals surface area contributed by atoms with E-state index >= 15 is 0 Å². The fourth-order valence-corrected chi connectivity index (χ4v) is 7.00. The van der Waals surface area contributed by atoms with Crippen LogP contribution in [0.1, 0.15) is 56.2 Å². The number of thiophene rings is 2. The van der Waals surface area contributed by atoms with E-state index in [1.165, 1.54) is 22.7 Å². The summed E-state index contributed by atoms with van der Waals surface area (Å²) in [6, 6.07) is 21.4. The molecular formula is C34H32N4O4S2. The van der Waals surface area contributed by atoms with Crippen LogP contribution in [-0.2, 0) is 9.59 Å². The zero-order chi connectivity index (χ0) is 30.5. The summed E-state index contributed by atoms with van der Waals surface area (Å²) in [6.45, 7) is 1.17. The van der Waals surface area contributed by atoms with Gasteiger partial charge in [0.2, 0.25) is 11.8 Å². The van der Waals surface area contributed by atoms with Crippen LogP contribution in [0.3, 0.4) is 0 Å². The lowest BCUT2D eigenvalue weighted by Crippen LogP contribution is -2.42. The summed E-state index contributed by atoms with van der Waals surface area (Å²) < 4.78 is 0. The predicted molar refractivity (Wildman–Crippen MR) is 176 cm³/mol. The molecule has 4 heterocycles. The van der Waals surface area contributed by atoms with Gasteiger partial charge >= 0.3 is 0 Å². The van der Waals surface area contributed by atoms with E-state index in [4.69, 9.17) is 0 Å². The lowest BCUT2D eigenvalue weighted by Gasteiger charge is -2.23.